The van der Waals surface area contributed by atoms with E-state index in [-0.39, 0.29) is 18.2 Å². The zero-order chi connectivity index (χ0) is 17.4. The van der Waals surface area contributed by atoms with Crippen LogP contribution in [-0.4, -0.2) is 30.3 Å². The molecule has 1 aromatic carbocycles. The van der Waals surface area contributed by atoms with Gasteiger partial charge in [0.25, 0.3) is 0 Å². The smallest absolute Gasteiger partial charge is 0.240 e. The SMILES string of the molecule is N#CC1(NC(=O)CN2CC3CCC(=O)c4cccc2c43)CCCCC1. The second-order valence-electron chi connectivity index (χ2n) is 7.58. The van der Waals surface area contributed by atoms with Gasteiger partial charge in [-0.1, -0.05) is 31.4 Å². The molecule has 0 spiro atoms. The molecule has 1 unspecified atom stereocenters. The van der Waals surface area contributed by atoms with Gasteiger partial charge in [0.1, 0.15) is 5.54 Å². The van der Waals surface area contributed by atoms with E-state index in [0.717, 1.165) is 61.9 Å². The first-order valence-electron chi connectivity index (χ1n) is 9.25. The number of benzene rings is 1. The molecule has 1 fully saturated rings. The average Bonchev–Trinajstić information content (AvgIpc) is 2.98. The van der Waals surface area contributed by atoms with Gasteiger partial charge >= 0.3 is 0 Å². The molecular formula is C20H23N3O2. The van der Waals surface area contributed by atoms with E-state index in [1.54, 1.807) is 0 Å². The number of hydrogen-bond acceptors (Lipinski definition) is 4. The molecule has 5 nitrogen and oxygen atoms in total. The first kappa shape index (κ1) is 16.1. The highest BCUT2D eigenvalue weighted by molar-refractivity contribution is 6.01. The van der Waals surface area contributed by atoms with Crippen LogP contribution in [0.3, 0.4) is 0 Å². The fraction of sp³-hybridized carbons (Fsp3) is 0.550. The number of rotatable bonds is 3. The van der Waals surface area contributed by atoms with Gasteiger partial charge in [-0.15, -0.1) is 0 Å². The van der Waals surface area contributed by atoms with E-state index < -0.39 is 5.54 Å². The third kappa shape index (κ3) is 2.80. The van der Waals surface area contributed by atoms with Crippen LogP contribution in [0, 0.1) is 11.3 Å². The molecule has 1 amide bonds. The average molecular weight is 337 g/mol. The van der Waals surface area contributed by atoms with Gasteiger partial charge in [0.2, 0.25) is 5.91 Å². The van der Waals surface area contributed by atoms with Crippen molar-refractivity contribution < 1.29 is 9.59 Å². The highest BCUT2D eigenvalue weighted by atomic mass is 16.2. The normalized spacial score (nSPS) is 23.7. The van der Waals surface area contributed by atoms with Crippen LogP contribution in [0.2, 0.25) is 0 Å². The molecule has 2 aliphatic carbocycles. The lowest BCUT2D eigenvalue weighted by atomic mass is 9.83. The van der Waals surface area contributed by atoms with Gasteiger partial charge in [-0.2, -0.15) is 5.26 Å². The molecule has 1 heterocycles. The van der Waals surface area contributed by atoms with E-state index in [9.17, 15) is 14.9 Å². The largest absolute Gasteiger partial charge is 0.361 e. The summed E-state index contributed by atoms with van der Waals surface area (Å²) in [5.74, 6) is 0.465. The number of nitrogens with one attached hydrogen (secondary N) is 1. The summed E-state index contributed by atoms with van der Waals surface area (Å²) in [7, 11) is 0. The maximum absolute atomic E-state index is 12.6. The minimum absolute atomic E-state index is 0.0916. The summed E-state index contributed by atoms with van der Waals surface area (Å²) >= 11 is 0. The second-order valence-corrected chi connectivity index (χ2v) is 7.58. The first-order chi connectivity index (χ1) is 12.1. The van der Waals surface area contributed by atoms with E-state index in [1.165, 1.54) is 0 Å². The van der Waals surface area contributed by atoms with Crippen LogP contribution in [-0.2, 0) is 4.79 Å². The van der Waals surface area contributed by atoms with Gasteiger partial charge in [-0.05, 0) is 30.9 Å². The van der Waals surface area contributed by atoms with Gasteiger partial charge in [0, 0.05) is 30.1 Å². The second kappa shape index (κ2) is 6.18. The Kier molecular flexibility index (Phi) is 3.99. The third-order valence-electron chi connectivity index (χ3n) is 5.93. The molecule has 1 aliphatic heterocycles. The minimum atomic E-state index is -0.691. The molecule has 0 aromatic heterocycles. The fourth-order valence-electron chi connectivity index (χ4n) is 4.68. The number of amides is 1. The van der Waals surface area contributed by atoms with E-state index in [4.69, 9.17) is 0 Å². The molecule has 5 heteroatoms. The summed E-state index contributed by atoms with van der Waals surface area (Å²) in [5.41, 5.74) is 2.28. The Morgan fingerprint density at radius 3 is 2.88 bits per heavy atom. The van der Waals surface area contributed by atoms with Crippen LogP contribution in [0.25, 0.3) is 0 Å². The number of Topliss-reactive ketones (excluding diaryl/α,β-unsaturated/α-hetero) is 1. The van der Waals surface area contributed by atoms with E-state index in [2.05, 4.69) is 16.3 Å². The number of nitriles is 1. The lowest BCUT2D eigenvalue weighted by molar-refractivity contribution is -0.121. The summed E-state index contributed by atoms with van der Waals surface area (Å²) in [6.07, 6.45) is 6.07. The molecule has 1 saturated carbocycles. The number of hydrogen-bond donors (Lipinski definition) is 1. The molecular weight excluding hydrogens is 314 g/mol. The van der Waals surface area contributed by atoms with Crippen molar-refractivity contribution in [3.63, 3.8) is 0 Å². The van der Waals surface area contributed by atoms with Gasteiger partial charge < -0.3 is 10.2 Å². The van der Waals surface area contributed by atoms with Crippen molar-refractivity contribution in [2.45, 2.75) is 56.4 Å². The van der Waals surface area contributed by atoms with Crippen molar-refractivity contribution in [1.29, 1.82) is 5.26 Å². The van der Waals surface area contributed by atoms with E-state index >= 15 is 0 Å². The summed E-state index contributed by atoms with van der Waals surface area (Å²) in [6.45, 7) is 1.04. The van der Waals surface area contributed by atoms with Gasteiger partial charge in [0.05, 0.1) is 12.6 Å². The van der Waals surface area contributed by atoms with Crippen LogP contribution in [0.15, 0.2) is 18.2 Å². The summed E-state index contributed by atoms with van der Waals surface area (Å²) in [5, 5.41) is 12.6. The third-order valence-corrected chi connectivity index (χ3v) is 5.93. The standard InChI is InChI=1S/C20H23N3O2/c21-13-20(9-2-1-3-10-20)22-18(25)12-23-11-14-7-8-17(24)15-5-4-6-16(23)19(14)15/h4-6,14H,1-3,7-12H2,(H,22,25). The number of nitrogens with zero attached hydrogens (tertiary/aromatic N) is 2. The van der Waals surface area contributed by atoms with Gasteiger partial charge in [-0.3, -0.25) is 9.59 Å². The predicted octanol–water partition coefficient (Wildman–Crippen LogP) is 2.91. The lowest BCUT2D eigenvalue weighted by Gasteiger charge is -2.32. The number of anilines is 1. The van der Waals surface area contributed by atoms with Crippen molar-refractivity contribution in [3.05, 3.63) is 29.3 Å². The summed E-state index contributed by atoms with van der Waals surface area (Å²) < 4.78 is 0. The fourth-order valence-corrected chi connectivity index (χ4v) is 4.68. The predicted molar refractivity (Wildman–Crippen MR) is 94.5 cm³/mol. The van der Waals surface area contributed by atoms with E-state index in [1.807, 2.05) is 18.2 Å². The number of ketones is 1. The molecule has 0 saturated heterocycles. The van der Waals surface area contributed by atoms with Crippen LogP contribution in [0.4, 0.5) is 5.69 Å². The summed E-state index contributed by atoms with van der Waals surface area (Å²) in [6, 6.07) is 8.16. The molecule has 1 atom stereocenters. The molecule has 0 radical (unpaired) electrons. The Morgan fingerprint density at radius 1 is 1.32 bits per heavy atom. The maximum Gasteiger partial charge on any atom is 0.240 e. The molecule has 1 N–H and O–H groups in total. The Hall–Kier alpha value is -2.35. The van der Waals surface area contributed by atoms with Crippen LogP contribution in [0.1, 0.15) is 66.8 Å². The van der Waals surface area contributed by atoms with Gasteiger partial charge in [0.15, 0.2) is 5.78 Å². The number of carbonyl (C=O) groups is 2. The van der Waals surface area contributed by atoms with Crippen LogP contribution in [0.5, 0.6) is 0 Å². The maximum atomic E-state index is 12.6. The molecule has 25 heavy (non-hydrogen) atoms. The minimum Gasteiger partial charge on any atom is -0.361 e. The number of carbonyl (C=O) groups excluding carboxylic acids is 2. The van der Waals surface area contributed by atoms with Crippen molar-refractivity contribution in [2.75, 3.05) is 18.0 Å². The Bertz CT molecular complexity index is 759. The molecule has 0 bridgehead atoms. The quantitative estimate of drug-likeness (QED) is 0.920. The Balaban J connectivity index is 1.51. The molecule has 130 valence electrons. The van der Waals surface area contributed by atoms with E-state index in [0.29, 0.717) is 12.3 Å². The van der Waals surface area contributed by atoms with Crippen LogP contribution < -0.4 is 10.2 Å². The topological polar surface area (TPSA) is 73.2 Å². The van der Waals surface area contributed by atoms with Gasteiger partial charge in [-0.25, -0.2) is 0 Å². The Labute approximate surface area is 148 Å². The molecule has 3 aliphatic rings. The van der Waals surface area contributed by atoms with Crippen molar-refractivity contribution in [1.82, 2.24) is 5.32 Å². The van der Waals surface area contributed by atoms with Crippen molar-refractivity contribution in [2.24, 2.45) is 0 Å². The Morgan fingerprint density at radius 2 is 2.12 bits per heavy atom. The lowest BCUT2D eigenvalue weighted by Crippen LogP contribution is -2.51. The van der Waals surface area contributed by atoms with Crippen LogP contribution >= 0.6 is 0 Å². The molecule has 1 aromatic rings. The zero-order valence-corrected chi connectivity index (χ0v) is 14.4. The van der Waals surface area contributed by atoms with Crippen molar-refractivity contribution >= 4 is 17.4 Å². The highest BCUT2D eigenvalue weighted by Crippen LogP contribution is 2.44. The van der Waals surface area contributed by atoms with Crippen molar-refractivity contribution in [3.8, 4) is 6.07 Å². The zero-order valence-electron chi connectivity index (χ0n) is 14.4. The highest BCUT2D eigenvalue weighted by Gasteiger charge is 2.38. The summed E-state index contributed by atoms with van der Waals surface area (Å²) in [4.78, 5) is 26.9. The first-order valence-corrected chi connectivity index (χ1v) is 9.25. The monoisotopic (exact) mass is 337 g/mol. The molecule has 4 rings (SSSR count).